The molecular weight excluding hydrogens is 136 g/mol. The van der Waals surface area contributed by atoms with E-state index < -0.39 is 0 Å². The first-order valence-electron chi connectivity index (χ1n) is 3.71. The number of hydrogen-bond acceptors (Lipinski definition) is 1. The van der Waals surface area contributed by atoms with Gasteiger partial charge in [-0.15, -0.1) is 0 Å². The highest BCUT2D eigenvalue weighted by atomic mass is 16.5. The van der Waals surface area contributed by atoms with E-state index in [9.17, 15) is 0 Å². The van der Waals surface area contributed by atoms with Crippen LogP contribution in [0, 0.1) is 6.07 Å². The van der Waals surface area contributed by atoms with E-state index >= 15 is 0 Å². The quantitative estimate of drug-likeness (QED) is 0.597. The third-order valence-electron chi connectivity index (χ3n) is 1.21. The molecule has 0 aliphatic heterocycles. The lowest BCUT2D eigenvalue weighted by atomic mass is 10.3. The van der Waals surface area contributed by atoms with Crippen LogP contribution in [0.1, 0.15) is 13.3 Å². The molecule has 1 rings (SSSR count). The molecule has 0 N–H and O–H groups in total. The Balaban J connectivity index is 2.45. The summed E-state index contributed by atoms with van der Waals surface area (Å²) >= 11 is 0. The van der Waals surface area contributed by atoms with Gasteiger partial charge in [0.25, 0.3) is 0 Å². The van der Waals surface area contributed by atoms with Gasteiger partial charge in [-0.2, -0.15) is 0 Å². The van der Waals surface area contributed by atoms with Crippen LogP contribution in [0.5, 0.6) is 5.75 Å². The minimum absolute atomic E-state index is 0.831. The lowest BCUT2D eigenvalue weighted by molar-refractivity contribution is 0.479. The van der Waals surface area contributed by atoms with Crippen molar-refractivity contribution >= 4 is 0 Å². The molecule has 1 aromatic carbocycles. The fourth-order valence-electron chi connectivity index (χ4n) is 0.673. The summed E-state index contributed by atoms with van der Waals surface area (Å²) in [5.74, 6) is 0.831. The van der Waals surface area contributed by atoms with Gasteiger partial charge in [0.05, 0.1) is 6.26 Å². The van der Waals surface area contributed by atoms with Crippen LogP contribution in [0.25, 0.3) is 0 Å². The van der Waals surface area contributed by atoms with Crippen molar-refractivity contribution in [2.24, 2.45) is 0 Å². The first-order valence-corrected chi connectivity index (χ1v) is 3.71. The van der Waals surface area contributed by atoms with Crippen LogP contribution in [-0.2, 0) is 0 Å². The summed E-state index contributed by atoms with van der Waals surface area (Å²) in [7, 11) is 0. The van der Waals surface area contributed by atoms with Crippen LogP contribution in [0.15, 0.2) is 36.6 Å². The molecule has 0 amide bonds. The van der Waals surface area contributed by atoms with Crippen molar-refractivity contribution < 1.29 is 4.74 Å². The Morgan fingerprint density at radius 3 is 3.18 bits per heavy atom. The Morgan fingerprint density at radius 1 is 1.64 bits per heavy atom. The minimum Gasteiger partial charge on any atom is -0.465 e. The monoisotopic (exact) mass is 147 g/mol. The predicted molar refractivity (Wildman–Crippen MR) is 45.3 cm³/mol. The average molecular weight is 147 g/mol. The molecule has 0 spiro atoms. The van der Waals surface area contributed by atoms with Crippen LogP contribution >= 0.6 is 0 Å². The van der Waals surface area contributed by atoms with Gasteiger partial charge in [-0.1, -0.05) is 19.1 Å². The summed E-state index contributed by atoms with van der Waals surface area (Å²) in [4.78, 5) is 0. The van der Waals surface area contributed by atoms with Gasteiger partial charge in [0.2, 0.25) is 0 Å². The second kappa shape index (κ2) is 4.56. The van der Waals surface area contributed by atoms with Gasteiger partial charge in [0.1, 0.15) is 5.75 Å². The molecule has 57 valence electrons. The normalized spacial score (nSPS) is 10.3. The molecule has 0 saturated heterocycles. The first kappa shape index (κ1) is 7.86. The maximum absolute atomic E-state index is 5.23. The summed E-state index contributed by atoms with van der Waals surface area (Å²) in [6, 6.07) is 10.4. The molecular formula is C10H11O. The Labute approximate surface area is 67.3 Å². The average Bonchev–Trinajstić information content (AvgIpc) is 2.07. The van der Waals surface area contributed by atoms with Gasteiger partial charge in [-0.3, -0.25) is 0 Å². The van der Waals surface area contributed by atoms with E-state index in [2.05, 4.69) is 13.0 Å². The van der Waals surface area contributed by atoms with Crippen LogP contribution in [0.2, 0.25) is 0 Å². The molecule has 1 aromatic rings. The molecule has 0 atom stereocenters. The third kappa shape index (κ3) is 2.89. The summed E-state index contributed by atoms with van der Waals surface area (Å²) in [6.45, 7) is 2.07. The fourth-order valence-corrected chi connectivity index (χ4v) is 0.673. The molecule has 0 fully saturated rings. The molecule has 11 heavy (non-hydrogen) atoms. The first-order chi connectivity index (χ1) is 5.43. The molecule has 0 heterocycles. The maximum Gasteiger partial charge on any atom is 0.127 e. The van der Waals surface area contributed by atoms with E-state index in [-0.39, 0.29) is 0 Å². The minimum atomic E-state index is 0.831. The number of allylic oxidation sites excluding steroid dienone is 1. The third-order valence-corrected chi connectivity index (χ3v) is 1.21. The zero-order valence-corrected chi connectivity index (χ0v) is 6.58. The molecule has 0 aliphatic rings. The topological polar surface area (TPSA) is 9.23 Å². The Morgan fingerprint density at radius 2 is 2.55 bits per heavy atom. The summed E-state index contributed by atoms with van der Waals surface area (Å²) in [5.41, 5.74) is 0. The Bertz CT molecular complexity index is 214. The summed E-state index contributed by atoms with van der Waals surface area (Å²) in [6.07, 6.45) is 4.66. The van der Waals surface area contributed by atoms with Crippen molar-refractivity contribution in [1.29, 1.82) is 0 Å². The zero-order chi connectivity index (χ0) is 7.94. The predicted octanol–water partition coefficient (Wildman–Crippen LogP) is 2.79. The van der Waals surface area contributed by atoms with Gasteiger partial charge in [-0.05, 0) is 30.7 Å². The summed E-state index contributed by atoms with van der Waals surface area (Å²) < 4.78 is 5.23. The van der Waals surface area contributed by atoms with E-state index in [0.29, 0.717) is 0 Å². The van der Waals surface area contributed by atoms with Crippen molar-refractivity contribution in [1.82, 2.24) is 0 Å². The lowest BCUT2D eigenvalue weighted by Gasteiger charge is -1.96. The van der Waals surface area contributed by atoms with Crippen LogP contribution in [0.4, 0.5) is 0 Å². The molecule has 1 heteroatoms. The van der Waals surface area contributed by atoms with E-state index in [1.54, 1.807) is 12.3 Å². The van der Waals surface area contributed by atoms with Crippen LogP contribution < -0.4 is 4.74 Å². The van der Waals surface area contributed by atoms with Crippen molar-refractivity contribution in [2.75, 3.05) is 0 Å². The zero-order valence-electron chi connectivity index (χ0n) is 6.58. The van der Waals surface area contributed by atoms with E-state index in [4.69, 9.17) is 4.74 Å². The van der Waals surface area contributed by atoms with Gasteiger partial charge in [-0.25, -0.2) is 0 Å². The Hall–Kier alpha value is -1.24. The fraction of sp³-hybridized carbons (Fsp3) is 0.200. The largest absolute Gasteiger partial charge is 0.465 e. The number of benzene rings is 1. The number of hydrogen-bond donors (Lipinski definition) is 0. The second-order valence-corrected chi connectivity index (χ2v) is 2.14. The highest BCUT2D eigenvalue weighted by Gasteiger charge is 1.84. The lowest BCUT2D eigenvalue weighted by Crippen LogP contribution is -1.79. The SMILES string of the molecule is CCC=COc1c[c]ccc1. The number of ether oxygens (including phenoxy) is 1. The van der Waals surface area contributed by atoms with Crippen molar-refractivity contribution in [2.45, 2.75) is 13.3 Å². The molecule has 0 bridgehead atoms. The molecule has 0 saturated carbocycles. The Kier molecular flexibility index (Phi) is 3.26. The molecule has 0 aromatic heterocycles. The molecule has 0 unspecified atom stereocenters. The van der Waals surface area contributed by atoms with E-state index in [1.165, 1.54) is 0 Å². The maximum atomic E-state index is 5.23. The van der Waals surface area contributed by atoms with Gasteiger partial charge in [0, 0.05) is 0 Å². The second-order valence-electron chi connectivity index (χ2n) is 2.14. The highest BCUT2D eigenvalue weighted by Crippen LogP contribution is 2.07. The van der Waals surface area contributed by atoms with E-state index in [1.807, 2.05) is 24.3 Å². The summed E-state index contributed by atoms with van der Waals surface area (Å²) in [5, 5.41) is 0. The van der Waals surface area contributed by atoms with Crippen molar-refractivity contribution in [3.63, 3.8) is 0 Å². The molecule has 1 radical (unpaired) electrons. The van der Waals surface area contributed by atoms with Crippen molar-refractivity contribution in [3.8, 4) is 5.75 Å². The van der Waals surface area contributed by atoms with Gasteiger partial charge < -0.3 is 4.74 Å². The van der Waals surface area contributed by atoms with Crippen LogP contribution in [-0.4, -0.2) is 0 Å². The number of rotatable bonds is 3. The van der Waals surface area contributed by atoms with E-state index in [0.717, 1.165) is 12.2 Å². The van der Waals surface area contributed by atoms with Crippen LogP contribution in [0.3, 0.4) is 0 Å². The highest BCUT2D eigenvalue weighted by molar-refractivity contribution is 5.20. The smallest absolute Gasteiger partial charge is 0.127 e. The molecule has 1 nitrogen and oxygen atoms in total. The molecule has 0 aliphatic carbocycles. The van der Waals surface area contributed by atoms with Gasteiger partial charge >= 0.3 is 0 Å². The standard InChI is InChI=1S/C10H11O/c1-2-3-9-11-10-7-5-4-6-8-10/h3-5,7-9H,2H2,1H3. The van der Waals surface area contributed by atoms with Crippen molar-refractivity contribution in [3.05, 3.63) is 42.7 Å². The van der Waals surface area contributed by atoms with Gasteiger partial charge in [0.15, 0.2) is 0 Å².